The minimum Gasteiger partial charge on any atom is -0.480 e. The van der Waals surface area contributed by atoms with E-state index < -0.39 is 0 Å². The van der Waals surface area contributed by atoms with Crippen LogP contribution in [0, 0.1) is 6.92 Å². The first-order valence-corrected chi connectivity index (χ1v) is 12.7. The molecule has 0 unspecified atom stereocenters. The van der Waals surface area contributed by atoms with Crippen molar-refractivity contribution < 1.29 is 4.74 Å². The van der Waals surface area contributed by atoms with Crippen LogP contribution in [0.4, 0.5) is 5.95 Å². The Balaban J connectivity index is 1.64. The van der Waals surface area contributed by atoms with E-state index in [1.54, 1.807) is 11.8 Å². The Morgan fingerprint density at radius 2 is 1.82 bits per heavy atom. The monoisotopic (exact) mass is 516 g/mol. The number of ether oxygens (including phenoxy) is 1. The van der Waals surface area contributed by atoms with Crippen molar-refractivity contribution >= 4 is 39.3 Å². The maximum atomic E-state index is 6.68. The van der Waals surface area contributed by atoms with Gasteiger partial charge >= 0.3 is 0 Å². The SMILES string of the molecule is CSc1nc2n(n1)[C@@H](c1ccc(C)cc1)C1=C(N2)c2ccccc2O[C@H]1c1cccc(Br)c1. The van der Waals surface area contributed by atoms with Crippen LogP contribution >= 0.6 is 27.7 Å². The summed E-state index contributed by atoms with van der Waals surface area (Å²) in [6.45, 7) is 2.11. The van der Waals surface area contributed by atoms with Gasteiger partial charge in [0.25, 0.3) is 0 Å². The Morgan fingerprint density at radius 3 is 2.61 bits per heavy atom. The average Bonchev–Trinajstić information content (AvgIpc) is 3.26. The molecule has 164 valence electrons. The van der Waals surface area contributed by atoms with Crippen molar-refractivity contribution in [3.8, 4) is 5.75 Å². The molecule has 1 N–H and O–H groups in total. The van der Waals surface area contributed by atoms with Crippen LogP contribution in [0.3, 0.4) is 0 Å². The lowest BCUT2D eigenvalue weighted by Gasteiger charge is -2.39. The number of rotatable bonds is 3. The van der Waals surface area contributed by atoms with Crippen LogP contribution in [-0.2, 0) is 0 Å². The average molecular weight is 517 g/mol. The Labute approximate surface area is 205 Å². The smallest absolute Gasteiger partial charge is 0.227 e. The van der Waals surface area contributed by atoms with Gasteiger partial charge in [-0.1, -0.05) is 81.8 Å². The van der Waals surface area contributed by atoms with E-state index in [1.807, 2.05) is 41.3 Å². The Morgan fingerprint density at radius 1 is 1.00 bits per heavy atom. The van der Waals surface area contributed by atoms with Gasteiger partial charge in [0.05, 0.1) is 5.70 Å². The molecule has 0 aliphatic carbocycles. The van der Waals surface area contributed by atoms with E-state index in [1.165, 1.54) is 5.56 Å². The van der Waals surface area contributed by atoms with Gasteiger partial charge in [-0.2, -0.15) is 4.98 Å². The van der Waals surface area contributed by atoms with Gasteiger partial charge in [0.1, 0.15) is 17.9 Å². The molecule has 2 aliphatic rings. The normalized spacial score (nSPS) is 18.6. The topological polar surface area (TPSA) is 52.0 Å². The zero-order valence-corrected chi connectivity index (χ0v) is 20.5. The highest BCUT2D eigenvalue weighted by molar-refractivity contribution is 9.10. The highest BCUT2D eigenvalue weighted by Crippen LogP contribution is 2.51. The summed E-state index contributed by atoms with van der Waals surface area (Å²) >= 11 is 5.18. The molecule has 1 aromatic heterocycles. The lowest BCUT2D eigenvalue weighted by molar-refractivity contribution is 0.223. The van der Waals surface area contributed by atoms with Crippen molar-refractivity contribution in [2.75, 3.05) is 11.6 Å². The van der Waals surface area contributed by atoms with E-state index in [9.17, 15) is 0 Å². The van der Waals surface area contributed by atoms with Crippen molar-refractivity contribution in [1.82, 2.24) is 14.8 Å². The molecule has 0 saturated carbocycles. The van der Waals surface area contributed by atoms with Crippen LogP contribution in [0.25, 0.3) is 5.70 Å². The van der Waals surface area contributed by atoms with Crippen molar-refractivity contribution in [2.24, 2.45) is 0 Å². The second kappa shape index (κ2) is 8.08. The molecule has 5 nitrogen and oxygen atoms in total. The standard InChI is InChI=1S/C26H21BrN4OS/c1-15-10-12-16(13-11-15)23-21-22(28-25-29-26(33-2)30-31(23)25)19-8-3-4-9-20(19)32-24(21)17-6-5-7-18(27)14-17/h3-14,23-24H,1-2H3,(H,28,29,30)/t23-,24-/m0/s1. The van der Waals surface area contributed by atoms with Gasteiger partial charge in [-0.25, -0.2) is 4.68 Å². The largest absolute Gasteiger partial charge is 0.480 e. The molecule has 0 saturated heterocycles. The van der Waals surface area contributed by atoms with Crippen LogP contribution in [0.5, 0.6) is 5.75 Å². The van der Waals surface area contributed by atoms with E-state index in [-0.39, 0.29) is 12.1 Å². The third-order valence-electron chi connectivity index (χ3n) is 6.09. The number of nitrogens with zero attached hydrogens (tertiary/aromatic N) is 3. The predicted molar refractivity (Wildman–Crippen MR) is 136 cm³/mol. The fraction of sp³-hybridized carbons (Fsp3) is 0.154. The lowest BCUT2D eigenvalue weighted by Crippen LogP contribution is -2.32. The molecule has 0 fully saturated rings. The Bertz CT molecular complexity index is 1400. The number of hydrogen-bond donors (Lipinski definition) is 1. The van der Waals surface area contributed by atoms with E-state index in [0.29, 0.717) is 0 Å². The second-order valence-corrected chi connectivity index (χ2v) is 9.87. The zero-order chi connectivity index (χ0) is 22.5. The quantitative estimate of drug-likeness (QED) is 0.309. The number of hydrogen-bond acceptors (Lipinski definition) is 5. The van der Waals surface area contributed by atoms with E-state index in [4.69, 9.17) is 14.8 Å². The van der Waals surface area contributed by atoms with Crippen LogP contribution in [0.15, 0.2) is 88.0 Å². The van der Waals surface area contributed by atoms with Crippen LogP contribution in [0.2, 0.25) is 0 Å². The summed E-state index contributed by atoms with van der Waals surface area (Å²) in [7, 11) is 0. The van der Waals surface area contributed by atoms with Crippen molar-refractivity contribution in [3.63, 3.8) is 0 Å². The number of benzene rings is 3. The molecule has 3 aromatic carbocycles. The number of anilines is 1. The molecule has 6 rings (SSSR count). The minimum atomic E-state index is -0.277. The first-order valence-electron chi connectivity index (χ1n) is 10.7. The number of halogens is 1. The first kappa shape index (κ1) is 20.6. The summed E-state index contributed by atoms with van der Waals surface area (Å²) in [5.41, 5.74) is 6.66. The summed E-state index contributed by atoms with van der Waals surface area (Å²) in [6.07, 6.45) is 1.72. The fourth-order valence-electron chi connectivity index (χ4n) is 4.56. The van der Waals surface area contributed by atoms with Crippen LogP contribution < -0.4 is 10.1 Å². The van der Waals surface area contributed by atoms with E-state index >= 15 is 0 Å². The molecule has 0 bridgehead atoms. The molecular formula is C26H21BrN4OS. The van der Waals surface area contributed by atoms with Crippen LogP contribution in [0.1, 0.15) is 34.4 Å². The second-order valence-electron chi connectivity index (χ2n) is 8.18. The summed E-state index contributed by atoms with van der Waals surface area (Å²) in [4.78, 5) is 4.76. The maximum absolute atomic E-state index is 6.68. The maximum Gasteiger partial charge on any atom is 0.227 e. The molecular weight excluding hydrogens is 496 g/mol. The molecule has 2 aliphatic heterocycles. The number of thioether (sulfide) groups is 1. The molecule has 0 spiro atoms. The predicted octanol–water partition coefficient (Wildman–Crippen LogP) is 6.63. The summed E-state index contributed by atoms with van der Waals surface area (Å²) in [5.74, 6) is 1.60. The van der Waals surface area contributed by atoms with E-state index in [2.05, 4.69) is 70.6 Å². The van der Waals surface area contributed by atoms with Gasteiger partial charge in [0, 0.05) is 15.6 Å². The minimum absolute atomic E-state index is 0.150. The molecule has 3 heterocycles. The molecule has 0 radical (unpaired) electrons. The van der Waals surface area contributed by atoms with E-state index in [0.717, 1.165) is 49.3 Å². The van der Waals surface area contributed by atoms with Gasteiger partial charge in [0.2, 0.25) is 11.1 Å². The summed E-state index contributed by atoms with van der Waals surface area (Å²) < 4.78 is 9.70. The highest BCUT2D eigenvalue weighted by atomic mass is 79.9. The Kier molecular flexibility index (Phi) is 5.03. The van der Waals surface area contributed by atoms with Crippen molar-refractivity contribution in [2.45, 2.75) is 24.2 Å². The molecule has 7 heteroatoms. The number of aryl methyl sites for hydroxylation is 1. The number of fused-ring (bicyclic) bond motifs is 3. The van der Waals surface area contributed by atoms with Crippen molar-refractivity contribution in [3.05, 3.63) is 105 Å². The molecule has 2 atom stereocenters. The van der Waals surface area contributed by atoms with Gasteiger partial charge < -0.3 is 10.1 Å². The summed E-state index contributed by atoms with van der Waals surface area (Å²) in [6, 6.07) is 25.0. The highest BCUT2D eigenvalue weighted by Gasteiger charge is 2.41. The Hall–Kier alpha value is -3.03. The van der Waals surface area contributed by atoms with Crippen molar-refractivity contribution in [1.29, 1.82) is 0 Å². The van der Waals surface area contributed by atoms with Crippen LogP contribution in [-0.4, -0.2) is 21.0 Å². The third-order valence-corrected chi connectivity index (χ3v) is 7.12. The number of para-hydroxylation sites is 1. The van der Waals surface area contributed by atoms with Gasteiger partial charge in [0.15, 0.2) is 0 Å². The van der Waals surface area contributed by atoms with Gasteiger partial charge in [-0.3, -0.25) is 0 Å². The first-order chi connectivity index (χ1) is 16.1. The molecule has 4 aromatic rings. The third kappa shape index (κ3) is 3.47. The van der Waals surface area contributed by atoms with Gasteiger partial charge in [-0.15, -0.1) is 5.10 Å². The number of aromatic nitrogens is 3. The zero-order valence-electron chi connectivity index (χ0n) is 18.1. The summed E-state index contributed by atoms with van der Waals surface area (Å²) in [5, 5.41) is 9.19. The molecule has 0 amide bonds. The number of nitrogens with one attached hydrogen (secondary N) is 1. The molecule has 33 heavy (non-hydrogen) atoms. The fourth-order valence-corrected chi connectivity index (χ4v) is 5.32. The lowest BCUT2D eigenvalue weighted by atomic mass is 9.84. The van der Waals surface area contributed by atoms with Gasteiger partial charge in [-0.05, 0) is 48.6 Å².